The number of hydrogen-bond acceptors (Lipinski definition) is 4. The molecule has 0 aliphatic rings. The Hall–Kier alpha value is -2.27. The topological polar surface area (TPSA) is 63.2 Å². The lowest BCUT2D eigenvalue weighted by Gasteiger charge is -2.22. The van der Waals surface area contributed by atoms with Crippen molar-refractivity contribution in [1.29, 1.82) is 0 Å². The van der Waals surface area contributed by atoms with Crippen LogP contribution in [-0.2, 0) is 4.79 Å². The molecule has 0 fully saturated rings. The highest BCUT2D eigenvalue weighted by atomic mass is 35.5. The number of aromatic nitrogens is 1. The standard InChI is InChI=1S/C22H30ClN3O2/c1-7-17(8-2)28-18-11-16(6)24-22(21(18)25-19(27)12-23)26-20-14(4)9-13(3)10-15(20)5/h9-11,17H,7-8,12H2,1-6H3,(H,24,26)(H,25,27). The smallest absolute Gasteiger partial charge is 0.239 e. The maximum absolute atomic E-state index is 12.1. The summed E-state index contributed by atoms with van der Waals surface area (Å²) in [7, 11) is 0. The van der Waals surface area contributed by atoms with E-state index in [1.165, 1.54) is 5.56 Å². The summed E-state index contributed by atoms with van der Waals surface area (Å²) < 4.78 is 6.19. The maximum Gasteiger partial charge on any atom is 0.239 e. The van der Waals surface area contributed by atoms with Gasteiger partial charge in [-0.05, 0) is 51.7 Å². The number of amides is 1. The van der Waals surface area contributed by atoms with Gasteiger partial charge in [0, 0.05) is 17.4 Å². The van der Waals surface area contributed by atoms with Crippen molar-refractivity contribution in [3.05, 3.63) is 40.6 Å². The lowest BCUT2D eigenvalue weighted by Crippen LogP contribution is -2.19. The van der Waals surface area contributed by atoms with Crippen molar-refractivity contribution in [2.45, 2.75) is 60.5 Å². The Morgan fingerprint density at radius 3 is 2.21 bits per heavy atom. The van der Waals surface area contributed by atoms with Gasteiger partial charge in [-0.1, -0.05) is 31.5 Å². The molecule has 0 saturated heterocycles. The third kappa shape index (κ3) is 5.38. The average molecular weight is 404 g/mol. The molecule has 0 bridgehead atoms. The van der Waals surface area contributed by atoms with Crippen LogP contribution in [0.4, 0.5) is 17.2 Å². The highest BCUT2D eigenvalue weighted by molar-refractivity contribution is 6.29. The molecular formula is C22H30ClN3O2. The van der Waals surface area contributed by atoms with Crippen LogP contribution in [0.25, 0.3) is 0 Å². The normalized spacial score (nSPS) is 10.9. The van der Waals surface area contributed by atoms with E-state index in [0.29, 0.717) is 17.3 Å². The highest BCUT2D eigenvalue weighted by Gasteiger charge is 2.19. The fraction of sp³-hybridized carbons (Fsp3) is 0.455. The number of carbonyl (C=O) groups is 1. The van der Waals surface area contributed by atoms with Crippen LogP contribution in [0.2, 0.25) is 0 Å². The number of carbonyl (C=O) groups excluding carboxylic acids is 1. The van der Waals surface area contributed by atoms with E-state index < -0.39 is 0 Å². The van der Waals surface area contributed by atoms with E-state index in [1.807, 2.05) is 13.0 Å². The van der Waals surface area contributed by atoms with Gasteiger partial charge in [-0.3, -0.25) is 4.79 Å². The number of hydrogen-bond donors (Lipinski definition) is 2. The Labute approximate surface area is 172 Å². The van der Waals surface area contributed by atoms with Crippen LogP contribution in [0, 0.1) is 27.7 Å². The SMILES string of the molecule is CCC(CC)Oc1cc(C)nc(Nc2c(C)cc(C)cc2C)c1NC(=O)CCl. The summed E-state index contributed by atoms with van der Waals surface area (Å²) in [6.45, 7) is 12.2. The summed E-state index contributed by atoms with van der Waals surface area (Å²) in [5.74, 6) is 0.710. The zero-order valence-electron chi connectivity index (χ0n) is 17.6. The average Bonchev–Trinajstić information content (AvgIpc) is 2.64. The largest absolute Gasteiger partial charge is 0.488 e. The van der Waals surface area contributed by atoms with E-state index >= 15 is 0 Å². The van der Waals surface area contributed by atoms with Crippen LogP contribution in [0.3, 0.4) is 0 Å². The van der Waals surface area contributed by atoms with E-state index in [9.17, 15) is 4.79 Å². The first kappa shape index (κ1) is 22.0. The van der Waals surface area contributed by atoms with Gasteiger partial charge in [0.15, 0.2) is 5.82 Å². The van der Waals surface area contributed by atoms with E-state index in [0.717, 1.165) is 35.3 Å². The first-order valence-corrected chi connectivity index (χ1v) is 10.2. The van der Waals surface area contributed by atoms with Crippen molar-refractivity contribution in [2.24, 2.45) is 0 Å². The van der Waals surface area contributed by atoms with Crippen LogP contribution in [0.1, 0.15) is 49.1 Å². The second-order valence-electron chi connectivity index (χ2n) is 7.12. The molecular weight excluding hydrogens is 374 g/mol. The summed E-state index contributed by atoms with van der Waals surface area (Å²) in [6.07, 6.45) is 1.81. The first-order chi connectivity index (χ1) is 13.3. The van der Waals surface area contributed by atoms with Crippen molar-refractivity contribution < 1.29 is 9.53 Å². The Morgan fingerprint density at radius 1 is 1.07 bits per heavy atom. The van der Waals surface area contributed by atoms with Crippen molar-refractivity contribution in [2.75, 3.05) is 16.5 Å². The zero-order valence-corrected chi connectivity index (χ0v) is 18.3. The molecule has 1 aromatic carbocycles. The number of rotatable bonds is 8. The maximum atomic E-state index is 12.1. The third-order valence-corrected chi connectivity index (χ3v) is 4.86. The van der Waals surface area contributed by atoms with Gasteiger partial charge < -0.3 is 15.4 Å². The molecule has 1 aromatic heterocycles. The monoisotopic (exact) mass is 403 g/mol. The van der Waals surface area contributed by atoms with Crippen LogP contribution in [0.15, 0.2) is 18.2 Å². The van der Waals surface area contributed by atoms with Gasteiger partial charge in [-0.15, -0.1) is 11.6 Å². The molecule has 6 heteroatoms. The minimum absolute atomic E-state index is 0.0594. The third-order valence-electron chi connectivity index (χ3n) is 4.62. The van der Waals surface area contributed by atoms with Crippen LogP contribution in [0.5, 0.6) is 5.75 Å². The molecule has 0 unspecified atom stereocenters. The molecule has 28 heavy (non-hydrogen) atoms. The Kier molecular flexibility index (Phi) is 7.69. The van der Waals surface area contributed by atoms with Gasteiger partial charge in [0.05, 0.1) is 6.10 Å². The minimum Gasteiger partial charge on any atom is -0.488 e. The van der Waals surface area contributed by atoms with Crippen molar-refractivity contribution >= 4 is 34.7 Å². The number of anilines is 3. The van der Waals surface area contributed by atoms with Crippen LogP contribution in [-0.4, -0.2) is 22.9 Å². The molecule has 0 aliphatic carbocycles. The van der Waals surface area contributed by atoms with E-state index in [-0.39, 0.29) is 17.9 Å². The molecule has 5 nitrogen and oxygen atoms in total. The summed E-state index contributed by atoms with van der Waals surface area (Å²) >= 11 is 5.73. The molecule has 152 valence electrons. The van der Waals surface area contributed by atoms with Gasteiger partial charge in [0.25, 0.3) is 0 Å². The predicted molar refractivity (Wildman–Crippen MR) is 117 cm³/mol. The lowest BCUT2D eigenvalue weighted by molar-refractivity contribution is -0.113. The van der Waals surface area contributed by atoms with Crippen LogP contribution < -0.4 is 15.4 Å². The number of alkyl halides is 1. The highest BCUT2D eigenvalue weighted by Crippen LogP contribution is 2.36. The quantitative estimate of drug-likeness (QED) is 0.546. The number of ether oxygens (including phenoxy) is 1. The molecule has 1 amide bonds. The molecule has 0 aliphatic heterocycles. The second-order valence-corrected chi connectivity index (χ2v) is 7.39. The van der Waals surface area contributed by atoms with E-state index in [4.69, 9.17) is 16.3 Å². The molecule has 0 spiro atoms. The fourth-order valence-electron chi connectivity index (χ4n) is 3.25. The minimum atomic E-state index is -0.304. The van der Waals surface area contributed by atoms with Crippen molar-refractivity contribution in [3.63, 3.8) is 0 Å². The second kappa shape index (κ2) is 9.78. The zero-order chi connectivity index (χ0) is 20.8. The lowest BCUT2D eigenvalue weighted by atomic mass is 10.0. The van der Waals surface area contributed by atoms with E-state index in [1.54, 1.807) is 0 Å². The molecule has 2 N–H and O–H groups in total. The molecule has 1 heterocycles. The Morgan fingerprint density at radius 2 is 1.68 bits per heavy atom. The number of halogens is 1. The number of pyridine rings is 1. The van der Waals surface area contributed by atoms with Gasteiger partial charge in [0.1, 0.15) is 17.3 Å². The number of benzene rings is 1. The van der Waals surface area contributed by atoms with Gasteiger partial charge in [-0.25, -0.2) is 4.98 Å². The first-order valence-electron chi connectivity index (χ1n) is 9.67. The summed E-state index contributed by atoms with van der Waals surface area (Å²) in [4.78, 5) is 16.7. The Balaban J connectivity index is 2.55. The van der Waals surface area contributed by atoms with Gasteiger partial charge in [0.2, 0.25) is 5.91 Å². The summed E-state index contributed by atoms with van der Waals surface area (Å²) in [5.41, 5.74) is 5.71. The van der Waals surface area contributed by atoms with Crippen molar-refractivity contribution in [1.82, 2.24) is 4.98 Å². The molecule has 2 aromatic rings. The van der Waals surface area contributed by atoms with Gasteiger partial charge >= 0.3 is 0 Å². The Bertz CT molecular complexity index is 825. The molecule has 0 saturated carbocycles. The van der Waals surface area contributed by atoms with Gasteiger partial charge in [-0.2, -0.15) is 0 Å². The van der Waals surface area contributed by atoms with E-state index in [2.05, 4.69) is 62.4 Å². The molecule has 0 atom stereocenters. The molecule has 2 rings (SSSR count). The fourth-order valence-corrected chi connectivity index (χ4v) is 3.32. The number of nitrogens with zero attached hydrogens (tertiary/aromatic N) is 1. The number of nitrogens with one attached hydrogen (secondary N) is 2. The predicted octanol–water partition coefficient (Wildman–Crippen LogP) is 5.80. The molecule has 0 radical (unpaired) electrons. The number of aryl methyl sites for hydroxylation is 4. The summed E-state index contributed by atoms with van der Waals surface area (Å²) in [5, 5.41) is 6.27. The van der Waals surface area contributed by atoms with Crippen LogP contribution >= 0.6 is 11.6 Å². The van der Waals surface area contributed by atoms with Crippen molar-refractivity contribution in [3.8, 4) is 5.75 Å². The summed E-state index contributed by atoms with van der Waals surface area (Å²) in [6, 6.07) is 6.08.